The standard InChI is InChI=1S/C18H30N2/c1-4-5-8-20-9-6-18(7-10-20)19-14-17-12-15(2)11-16(3)13-17/h11-13,18-19H,4-10,14H2,1-3H3. The molecule has 0 aliphatic carbocycles. The maximum atomic E-state index is 3.74. The Bertz CT molecular complexity index is 386. The van der Waals surface area contributed by atoms with Crippen LogP contribution in [0.4, 0.5) is 0 Å². The second kappa shape index (κ2) is 7.80. The summed E-state index contributed by atoms with van der Waals surface area (Å²) in [7, 11) is 0. The average molecular weight is 274 g/mol. The number of nitrogens with zero attached hydrogens (tertiary/aromatic N) is 1. The number of nitrogens with one attached hydrogen (secondary N) is 1. The molecule has 1 saturated heterocycles. The molecule has 0 atom stereocenters. The SMILES string of the molecule is CCCCN1CCC(NCc2cc(C)cc(C)c2)CC1. The summed E-state index contributed by atoms with van der Waals surface area (Å²) in [6.45, 7) is 11.5. The third-order valence-electron chi connectivity index (χ3n) is 4.29. The van der Waals surface area contributed by atoms with Gasteiger partial charge in [-0.2, -0.15) is 0 Å². The van der Waals surface area contributed by atoms with Gasteiger partial charge in [0.1, 0.15) is 0 Å². The first-order chi connectivity index (χ1) is 9.67. The molecule has 112 valence electrons. The molecule has 0 aromatic heterocycles. The summed E-state index contributed by atoms with van der Waals surface area (Å²) in [6.07, 6.45) is 5.26. The lowest BCUT2D eigenvalue weighted by atomic mass is 10.0. The van der Waals surface area contributed by atoms with Gasteiger partial charge in [0.05, 0.1) is 0 Å². The summed E-state index contributed by atoms with van der Waals surface area (Å²) in [5.74, 6) is 0. The fourth-order valence-electron chi connectivity index (χ4n) is 3.18. The minimum absolute atomic E-state index is 0.702. The van der Waals surface area contributed by atoms with Crippen molar-refractivity contribution in [2.24, 2.45) is 0 Å². The van der Waals surface area contributed by atoms with Crippen molar-refractivity contribution in [3.63, 3.8) is 0 Å². The van der Waals surface area contributed by atoms with Crippen LogP contribution in [0.15, 0.2) is 18.2 Å². The Morgan fingerprint density at radius 3 is 2.35 bits per heavy atom. The molecule has 0 bridgehead atoms. The van der Waals surface area contributed by atoms with Crippen LogP contribution in [0, 0.1) is 13.8 Å². The predicted molar refractivity (Wildman–Crippen MR) is 87.1 cm³/mol. The van der Waals surface area contributed by atoms with E-state index in [2.05, 4.69) is 49.2 Å². The molecule has 0 unspecified atom stereocenters. The van der Waals surface area contributed by atoms with E-state index in [0.717, 1.165) is 6.54 Å². The van der Waals surface area contributed by atoms with Gasteiger partial charge in [-0.05, 0) is 58.3 Å². The number of benzene rings is 1. The maximum absolute atomic E-state index is 3.74. The molecular formula is C18H30N2. The molecule has 1 aromatic rings. The third kappa shape index (κ3) is 4.92. The van der Waals surface area contributed by atoms with Crippen molar-refractivity contribution in [2.45, 2.75) is 59.0 Å². The van der Waals surface area contributed by atoms with Crippen molar-refractivity contribution >= 4 is 0 Å². The van der Waals surface area contributed by atoms with Gasteiger partial charge < -0.3 is 10.2 Å². The number of hydrogen-bond acceptors (Lipinski definition) is 2. The number of rotatable bonds is 6. The first kappa shape index (κ1) is 15.5. The molecule has 1 aliphatic rings. The maximum Gasteiger partial charge on any atom is 0.0208 e. The zero-order chi connectivity index (χ0) is 14.4. The average Bonchev–Trinajstić information content (AvgIpc) is 2.43. The Morgan fingerprint density at radius 1 is 1.10 bits per heavy atom. The lowest BCUT2D eigenvalue weighted by molar-refractivity contribution is 0.195. The van der Waals surface area contributed by atoms with Crippen molar-refractivity contribution in [3.05, 3.63) is 34.9 Å². The zero-order valence-electron chi connectivity index (χ0n) is 13.4. The van der Waals surface area contributed by atoms with E-state index in [1.54, 1.807) is 0 Å². The van der Waals surface area contributed by atoms with Gasteiger partial charge in [-0.25, -0.2) is 0 Å². The molecule has 0 spiro atoms. The molecular weight excluding hydrogens is 244 g/mol. The Kier molecular flexibility index (Phi) is 6.06. The van der Waals surface area contributed by atoms with Crippen LogP contribution in [-0.4, -0.2) is 30.6 Å². The Labute approximate surface area is 124 Å². The van der Waals surface area contributed by atoms with Gasteiger partial charge in [0.15, 0.2) is 0 Å². The van der Waals surface area contributed by atoms with Gasteiger partial charge in [0, 0.05) is 12.6 Å². The van der Waals surface area contributed by atoms with Crippen molar-refractivity contribution in [2.75, 3.05) is 19.6 Å². The Hall–Kier alpha value is -0.860. The van der Waals surface area contributed by atoms with E-state index in [1.807, 2.05) is 0 Å². The van der Waals surface area contributed by atoms with E-state index in [4.69, 9.17) is 0 Å². The van der Waals surface area contributed by atoms with Gasteiger partial charge in [0.2, 0.25) is 0 Å². The quantitative estimate of drug-likeness (QED) is 0.851. The van der Waals surface area contributed by atoms with Crippen LogP contribution in [0.25, 0.3) is 0 Å². The highest BCUT2D eigenvalue weighted by atomic mass is 15.1. The number of unbranched alkanes of at least 4 members (excludes halogenated alkanes) is 1. The van der Waals surface area contributed by atoms with E-state index in [9.17, 15) is 0 Å². The molecule has 1 heterocycles. The van der Waals surface area contributed by atoms with Crippen LogP contribution in [0.5, 0.6) is 0 Å². The highest BCUT2D eigenvalue weighted by Gasteiger charge is 2.17. The summed E-state index contributed by atoms with van der Waals surface area (Å²) in [4.78, 5) is 2.62. The number of likely N-dealkylation sites (tertiary alicyclic amines) is 1. The predicted octanol–water partition coefficient (Wildman–Crippen LogP) is 3.66. The van der Waals surface area contributed by atoms with Crippen LogP contribution >= 0.6 is 0 Å². The van der Waals surface area contributed by atoms with Crippen molar-refractivity contribution < 1.29 is 0 Å². The van der Waals surface area contributed by atoms with Crippen LogP contribution in [0.2, 0.25) is 0 Å². The number of aryl methyl sites for hydroxylation is 2. The van der Waals surface area contributed by atoms with Crippen molar-refractivity contribution in [1.29, 1.82) is 0 Å². The summed E-state index contributed by atoms with van der Waals surface area (Å²) in [5, 5.41) is 3.74. The molecule has 0 saturated carbocycles. The van der Waals surface area contributed by atoms with E-state index in [0.29, 0.717) is 6.04 Å². The molecule has 1 N–H and O–H groups in total. The zero-order valence-corrected chi connectivity index (χ0v) is 13.4. The Balaban J connectivity index is 1.73. The molecule has 20 heavy (non-hydrogen) atoms. The minimum atomic E-state index is 0.702. The van der Waals surface area contributed by atoms with Gasteiger partial charge in [0.25, 0.3) is 0 Å². The largest absolute Gasteiger partial charge is 0.310 e. The van der Waals surface area contributed by atoms with Crippen molar-refractivity contribution in [1.82, 2.24) is 10.2 Å². The molecule has 2 nitrogen and oxygen atoms in total. The van der Waals surface area contributed by atoms with E-state index in [1.165, 1.54) is 62.0 Å². The van der Waals surface area contributed by atoms with Crippen molar-refractivity contribution in [3.8, 4) is 0 Å². The smallest absolute Gasteiger partial charge is 0.0208 e. The molecule has 1 fully saturated rings. The van der Waals surface area contributed by atoms with Gasteiger partial charge in [-0.1, -0.05) is 42.7 Å². The molecule has 1 aromatic carbocycles. The first-order valence-corrected chi connectivity index (χ1v) is 8.20. The highest BCUT2D eigenvalue weighted by molar-refractivity contribution is 5.28. The van der Waals surface area contributed by atoms with E-state index >= 15 is 0 Å². The van der Waals surface area contributed by atoms with Crippen LogP contribution in [0.1, 0.15) is 49.3 Å². The number of piperidine rings is 1. The second-order valence-electron chi connectivity index (χ2n) is 6.35. The Morgan fingerprint density at radius 2 is 1.75 bits per heavy atom. The summed E-state index contributed by atoms with van der Waals surface area (Å²) in [6, 6.07) is 7.55. The molecule has 0 radical (unpaired) electrons. The number of hydrogen-bond donors (Lipinski definition) is 1. The van der Waals surface area contributed by atoms with Gasteiger partial charge in [-0.3, -0.25) is 0 Å². The topological polar surface area (TPSA) is 15.3 Å². The molecule has 2 rings (SSSR count). The monoisotopic (exact) mass is 274 g/mol. The summed E-state index contributed by atoms with van der Waals surface area (Å²) < 4.78 is 0. The normalized spacial score (nSPS) is 17.6. The van der Waals surface area contributed by atoms with E-state index in [-0.39, 0.29) is 0 Å². The van der Waals surface area contributed by atoms with Crippen LogP contribution in [0.3, 0.4) is 0 Å². The molecule has 2 heteroatoms. The van der Waals surface area contributed by atoms with E-state index < -0.39 is 0 Å². The van der Waals surface area contributed by atoms with Crippen LogP contribution in [-0.2, 0) is 6.54 Å². The minimum Gasteiger partial charge on any atom is -0.310 e. The fraction of sp³-hybridized carbons (Fsp3) is 0.667. The van der Waals surface area contributed by atoms with Crippen LogP contribution < -0.4 is 5.32 Å². The molecule has 0 amide bonds. The third-order valence-corrected chi connectivity index (χ3v) is 4.29. The first-order valence-electron chi connectivity index (χ1n) is 8.20. The van der Waals surface area contributed by atoms with Gasteiger partial charge >= 0.3 is 0 Å². The lowest BCUT2D eigenvalue weighted by Crippen LogP contribution is -2.42. The lowest BCUT2D eigenvalue weighted by Gasteiger charge is -2.32. The summed E-state index contributed by atoms with van der Waals surface area (Å²) in [5.41, 5.74) is 4.17. The van der Waals surface area contributed by atoms with Gasteiger partial charge in [-0.15, -0.1) is 0 Å². The fourth-order valence-corrected chi connectivity index (χ4v) is 3.18. The second-order valence-corrected chi connectivity index (χ2v) is 6.35. The molecule has 1 aliphatic heterocycles. The summed E-state index contributed by atoms with van der Waals surface area (Å²) >= 11 is 0. The highest BCUT2D eigenvalue weighted by Crippen LogP contribution is 2.13.